The van der Waals surface area contributed by atoms with Crippen molar-refractivity contribution in [2.24, 2.45) is 0 Å². The Kier molecular flexibility index (Phi) is 4.58. The van der Waals surface area contributed by atoms with Gasteiger partial charge in [-0.2, -0.15) is 0 Å². The second-order valence-corrected chi connectivity index (χ2v) is 3.95. The first-order valence-corrected chi connectivity index (χ1v) is 5.92. The molecule has 0 saturated carbocycles. The number of nitrogen functional groups attached to an aromatic ring is 1. The number of hydrogen-bond acceptors (Lipinski definition) is 5. The number of aromatic nitrogens is 1. The molecule has 1 aliphatic rings. The lowest BCUT2D eigenvalue weighted by Crippen LogP contribution is -2.24. The molecule has 2 rings (SSSR count). The van der Waals surface area contributed by atoms with E-state index < -0.39 is 0 Å². The monoisotopic (exact) mass is 238 g/mol. The summed E-state index contributed by atoms with van der Waals surface area (Å²) >= 11 is 0. The molecule has 5 heteroatoms. The highest BCUT2D eigenvalue weighted by atomic mass is 16.7. The first-order valence-electron chi connectivity index (χ1n) is 5.92. The van der Waals surface area contributed by atoms with Crippen molar-refractivity contribution in [2.75, 3.05) is 25.6 Å². The smallest absolute Gasteiger partial charge is 0.213 e. The molecule has 0 aliphatic carbocycles. The lowest BCUT2D eigenvalue weighted by atomic mass is 10.2. The summed E-state index contributed by atoms with van der Waals surface area (Å²) in [5.41, 5.74) is 6.15. The minimum Gasteiger partial charge on any atom is -0.475 e. The Bertz CT molecular complexity index is 323. The minimum absolute atomic E-state index is 0.0632. The molecule has 1 fully saturated rings. The molecule has 94 valence electrons. The molecule has 0 aromatic carbocycles. The molecule has 1 unspecified atom stereocenters. The fourth-order valence-electron chi connectivity index (χ4n) is 1.65. The van der Waals surface area contributed by atoms with Crippen molar-refractivity contribution in [2.45, 2.75) is 25.6 Å². The summed E-state index contributed by atoms with van der Waals surface area (Å²) in [7, 11) is 0. The number of hydrogen-bond donors (Lipinski definition) is 1. The lowest BCUT2D eigenvalue weighted by molar-refractivity contribution is -0.165. The number of rotatable bonds is 5. The number of ether oxygens (including phenoxy) is 3. The van der Waals surface area contributed by atoms with Gasteiger partial charge in [-0.05, 0) is 25.3 Å². The van der Waals surface area contributed by atoms with Gasteiger partial charge in [0.15, 0.2) is 6.29 Å². The number of nitrogens with two attached hydrogens (primary N) is 1. The van der Waals surface area contributed by atoms with Gasteiger partial charge in [0.1, 0.15) is 6.61 Å². The molecule has 0 radical (unpaired) electrons. The average Bonchev–Trinajstić information content (AvgIpc) is 2.38. The van der Waals surface area contributed by atoms with E-state index in [0.29, 0.717) is 24.8 Å². The van der Waals surface area contributed by atoms with Crippen LogP contribution in [0.4, 0.5) is 5.69 Å². The zero-order chi connectivity index (χ0) is 11.9. The third-order valence-corrected chi connectivity index (χ3v) is 2.53. The van der Waals surface area contributed by atoms with Crippen LogP contribution in [0.1, 0.15) is 19.3 Å². The maximum absolute atomic E-state index is 5.53. The van der Waals surface area contributed by atoms with Gasteiger partial charge in [-0.1, -0.05) is 0 Å². The summed E-state index contributed by atoms with van der Waals surface area (Å²) in [6.07, 6.45) is 4.78. The predicted octanol–water partition coefficient (Wildman–Crippen LogP) is 1.59. The van der Waals surface area contributed by atoms with Crippen molar-refractivity contribution in [1.82, 2.24) is 4.98 Å². The van der Waals surface area contributed by atoms with Gasteiger partial charge in [0, 0.05) is 12.7 Å². The van der Waals surface area contributed by atoms with Crippen molar-refractivity contribution < 1.29 is 14.2 Å². The maximum Gasteiger partial charge on any atom is 0.213 e. The van der Waals surface area contributed by atoms with Gasteiger partial charge < -0.3 is 19.9 Å². The highest BCUT2D eigenvalue weighted by Gasteiger charge is 2.13. The summed E-state index contributed by atoms with van der Waals surface area (Å²) in [6, 6.07) is 3.50. The Labute approximate surface area is 101 Å². The summed E-state index contributed by atoms with van der Waals surface area (Å²) in [6.45, 7) is 1.78. The lowest BCUT2D eigenvalue weighted by Gasteiger charge is -2.22. The largest absolute Gasteiger partial charge is 0.475 e. The molecule has 1 aromatic heterocycles. The van der Waals surface area contributed by atoms with Gasteiger partial charge in [0.25, 0.3) is 0 Å². The van der Waals surface area contributed by atoms with E-state index in [2.05, 4.69) is 4.98 Å². The van der Waals surface area contributed by atoms with Crippen molar-refractivity contribution >= 4 is 5.69 Å². The summed E-state index contributed by atoms with van der Waals surface area (Å²) < 4.78 is 16.4. The fourth-order valence-corrected chi connectivity index (χ4v) is 1.65. The highest BCUT2D eigenvalue weighted by molar-refractivity contribution is 5.35. The van der Waals surface area contributed by atoms with Crippen LogP contribution in [-0.2, 0) is 9.47 Å². The predicted molar refractivity (Wildman–Crippen MR) is 63.7 cm³/mol. The summed E-state index contributed by atoms with van der Waals surface area (Å²) in [4.78, 5) is 4.03. The minimum atomic E-state index is -0.0632. The van der Waals surface area contributed by atoms with Crippen molar-refractivity contribution in [1.29, 1.82) is 0 Å². The highest BCUT2D eigenvalue weighted by Crippen LogP contribution is 2.13. The second-order valence-electron chi connectivity index (χ2n) is 3.95. The third kappa shape index (κ3) is 4.20. The van der Waals surface area contributed by atoms with Crippen molar-refractivity contribution in [3.8, 4) is 5.88 Å². The quantitative estimate of drug-likeness (QED) is 0.789. The van der Waals surface area contributed by atoms with E-state index in [-0.39, 0.29) is 6.29 Å². The van der Waals surface area contributed by atoms with Crippen LogP contribution in [0.25, 0.3) is 0 Å². The SMILES string of the molecule is Nc1ccc(OCCOC2CCCCO2)nc1. The van der Waals surface area contributed by atoms with Crippen LogP contribution in [0, 0.1) is 0 Å². The van der Waals surface area contributed by atoms with Gasteiger partial charge in [-0.25, -0.2) is 4.98 Å². The van der Waals surface area contributed by atoms with Gasteiger partial charge in [0.05, 0.1) is 18.5 Å². The van der Waals surface area contributed by atoms with Crippen LogP contribution < -0.4 is 10.5 Å². The number of nitrogens with zero attached hydrogens (tertiary/aromatic N) is 1. The normalized spacial score (nSPS) is 20.1. The van der Waals surface area contributed by atoms with Gasteiger partial charge in [-0.15, -0.1) is 0 Å². The topological polar surface area (TPSA) is 66.6 Å². The number of pyridine rings is 1. The summed E-state index contributed by atoms with van der Waals surface area (Å²) in [5.74, 6) is 0.562. The molecule has 5 nitrogen and oxygen atoms in total. The standard InChI is InChI=1S/C12H18N2O3/c13-10-4-5-11(14-9-10)15-7-8-17-12-3-1-2-6-16-12/h4-5,9,12H,1-3,6-8,13H2. The molecular weight excluding hydrogens is 220 g/mol. The second kappa shape index (κ2) is 6.42. The zero-order valence-electron chi connectivity index (χ0n) is 9.80. The van der Waals surface area contributed by atoms with Gasteiger partial charge in [-0.3, -0.25) is 0 Å². The molecular formula is C12H18N2O3. The summed E-state index contributed by atoms with van der Waals surface area (Å²) in [5, 5.41) is 0. The maximum atomic E-state index is 5.53. The van der Waals surface area contributed by atoms with E-state index in [1.807, 2.05) is 0 Å². The Morgan fingerprint density at radius 2 is 2.29 bits per heavy atom. The Morgan fingerprint density at radius 1 is 1.35 bits per heavy atom. The van der Waals surface area contributed by atoms with E-state index >= 15 is 0 Å². The van der Waals surface area contributed by atoms with E-state index in [4.69, 9.17) is 19.9 Å². The van der Waals surface area contributed by atoms with Crippen LogP contribution in [0.5, 0.6) is 5.88 Å². The molecule has 0 spiro atoms. The Morgan fingerprint density at radius 3 is 3.00 bits per heavy atom. The first kappa shape index (κ1) is 12.1. The molecule has 2 heterocycles. The molecule has 0 bridgehead atoms. The Balaban J connectivity index is 1.60. The molecule has 2 N–H and O–H groups in total. The van der Waals surface area contributed by atoms with E-state index in [1.54, 1.807) is 18.3 Å². The van der Waals surface area contributed by atoms with Gasteiger partial charge >= 0.3 is 0 Å². The number of anilines is 1. The van der Waals surface area contributed by atoms with E-state index in [0.717, 1.165) is 19.4 Å². The van der Waals surface area contributed by atoms with Crippen molar-refractivity contribution in [3.63, 3.8) is 0 Å². The fraction of sp³-hybridized carbons (Fsp3) is 0.583. The van der Waals surface area contributed by atoms with E-state index in [9.17, 15) is 0 Å². The van der Waals surface area contributed by atoms with Crippen LogP contribution in [0.3, 0.4) is 0 Å². The Hall–Kier alpha value is -1.33. The van der Waals surface area contributed by atoms with Gasteiger partial charge in [0.2, 0.25) is 5.88 Å². The van der Waals surface area contributed by atoms with E-state index in [1.165, 1.54) is 6.42 Å². The molecule has 1 saturated heterocycles. The van der Waals surface area contributed by atoms with Crippen LogP contribution >= 0.6 is 0 Å². The average molecular weight is 238 g/mol. The van der Waals surface area contributed by atoms with Crippen LogP contribution in [0.15, 0.2) is 18.3 Å². The van der Waals surface area contributed by atoms with Crippen LogP contribution in [-0.4, -0.2) is 31.1 Å². The molecule has 1 atom stereocenters. The molecule has 1 aliphatic heterocycles. The molecule has 1 aromatic rings. The zero-order valence-corrected chi connectivity index (χ0v) is 9.80. The first-order chi connectivity index (χ1) is 8.34. The van der Waals surface area contributed by atoms with Crippen LogP contribution in [0.2, 0.25) is 0 Å². The van der Waals surface area contributed by atoms with Crippen molar-refractivity contribution in [3.05, 3.63) is 18.3 Å². The molecule has 17 heavy (non-hydrogen) atoms. The third-order valence-electron chi connectivity index (χ3n) is 2.53. The molecule has 0 amide bonds.